The van der Waals surface area contributed by atoms with E-state index in [1.165, 1.54) is 12.1 Å². The fourth-order valence-corrected chi connectivity index (χ4v) is 1.37. The fraction of sp³-hybridized carbons (Fsp3) is 0.462. The number of carbonyl (C=O) groups is 1. The van der Waals surface area contributed by atoms with Gasteiger partial charge >= 0.3 is 6.03 Å². The van der Waals surface area contributed by atoms with Crippen LogP contribution in [0.25, 0.3) is 0 Å². The third-order valence-electron chi connectivity index (χ3n) is 2.35. The minimum atomic E-state index is -0.287. The van der Waals surface area contributed by atoms with Crippen molar-refractivity contribution in [2.45, 2.75) is 26.8 Å². The van der Waals surface area contributed by atoms with Crippen LogP contribution in [-0.4, -0.2) is 12.6 Å². The molecule has 2 amide bonds. The van der Waals surface area contributed by atoms with E-state index in [1.54, 1.807) is 12.1 Å². The summed E-state index contributed by atoms with van der Waals surface area (Å²) >= 11 is 0. The Bertz CT molecular complexity index is 366. The second-order valence-electron chi connectivity index (χ2n) is 4.42. The molecule has 94 valence electrons. The highest BCUT2D eigenvalue weighted by atomic mass is 19.1. The average Bonchev–Trinajstić information content (AvgIpc) is 2.26. The first-order chi connectivity index (χ1) is 8.08. The van der Waals surface area contributed by atoms with Gasteiger partial charge in [-0.05, 0) is 30.0 Å². The number of rotatable bonds is 5. The Morgan fingerprint density at radius 2 is 2.12 bits per heavy atom. The molecule has 0 spiro atoms. The minimum absolute atomic E-state index is 0.213. The molecule has 0 saturated carbocycles. The molecule has 0 aliphatic heterocycles. The fourth-order valence-electron chi connectivity index (χ4n) is 1.37. The Morgan fingerprint density at radius 3 is 2.76 bits per heavy atom. The highest BCUT2D eigenvalue weighted by molar-refractivity contribution is 5.73. The lowest BCUT2D eigenvalue weighted by molar-refractivity contribution is 0.240. The lowest BCUT2D eigenvalue weighted by Crippen LogP contribution is -2.35. The normalized spacial score (nSPS) is 10.4. The standard InChI is InChI=1S/C13H19FN2O/c1-10(2)6-7-15-13(17)16-9-11-4-3-5-12(14)8-11/h3-5,8,10H,6-7,9H2,1-2H3,(H2,15,16,17). The van der Waals surface area contributed by atoms with Crippen molar-refractivity contribution in [1.29, 1.82) is 0 Å². The number of nitrogens with one attached hydrogen (secondary N) is 2. The number of amides is 2. The van der Waals surface area contributed by atoms with Crippen LogP contribution in [0.2, 0.25) is 0 Å². The molecule has 0 unspecified atom stereocenters. The van der Waals surface area contributed by atoms with Crippen LogP contribution in [0.1, 0.15) is 25.8 Å². The number of halogens is 1. The first-order valence-electron chi connectivity index (χ1n) is 5.84. The van der Waals surface area contributed by atoms with Crippen LogP contribution in [-0.2, 0) is 6.54 Å². The molecule has 1 rings (SSSR count). The van der Waals surface area contributed by atoms with Crippen molar-refractivity contribution < 1.29 is 9.18 Å². The molecule has 0 aliphatic rings. The molecule has 4 heteroatoms. The van der Waals surface area contributed by atoms with Crippen LogP contribution in [0, 0.1) is 11.7 Å². The summed E-state index contributed by atoms with van der Waals surface area (Å²) in [6, 6.07) is 5.98. The van der Waals surface area contributed by atoms with Gasteiger partial charge in [-0.15, -0.1) is 0 Å². The Kier molecular flexibility index (Phi) is 5.46. The maximum absolute atomic E-state index is 12.9. The van der Waals surface area contributed by atoms with Crippen molar-refractivity contribution in [2.24, 2.45) is 5.92 Å². The van der Waals surface area contributed by atoms with Gasteiger partial charge in [-0.3, -0.25) is 0 Å². The average molecular weight is 238 g/mol. The molecule has 3 nitrogen and oxygen atoms in total. The summed E-state index contributed by atoms with van der Waals surface area (Å²) in [5.41, 5.74) is 0.754. The van der Waals surface area contributed by atoms with Crippen molar-refractivity contribution in [3.05, 3.63) is 35.6 Å². The maximum Gasteiger partial charge on any atom is 0.315 e. The Balaban J connectivity index is 2.24. The van der Waals surface area contributed by atoms with Gasteiger partial charge in [-0.1, -0.05) is 26.0 Å². The number of hydrogen-bond acceptors (Lipinski definition) is 1. The Morgan fingerprint density at radius 1 is 1.35 bits per heavy atom. The molecule has 1 aromatic carbocycles. The van der Waals surface area contributed by atoms with Gasteiger partial charge in [-0.25, -0.2) is 9.18 Å². The van der Waals surface area contributed by atoms with E-state index in [9.17, 15) is 9.18 Å². The number of benzene rings is 1. The van der Waals surface area contributed by atoms with Gasteiger partial charge < -0.3 is 10.6 Å². The van der Waals surface area contributed by atoms with Gasteiger partial charge in [0.1, 0.15) is 5.82 Å². The molecule has 0 aromatic heterocycles. The predicted molar refractivity (Wildman–Crippen MR) is 66.1 cm³/mol. The smallest absolute Gasteiger partial charge is 0.315 e. The molecular formula is C13H19FN2O. The monoisotopic (exact) mass is 238 g/mol. The maximum atomic E-state index is 12.9. The molecular weight excluding hydrogens is 219 g/mol. The third kappa shape index (κ3) is 5.90. The summed E-state index contributed by atoms with van der Waals surface area (Å²) in [5, 5.41) is 5.44. The number of urea groups is 1. The van der Waals surface area contributed by atoms with Crippen molar-refractivity contribution in [1.82, 2.24) is 10.6 Å². The quantitative estimate of drug-likeness (QED) is 0.813. The zero-order valence-electron chi connectivity index (χ0n) is 10.3. The largest absolute Gasteiger partial charge is 0.338 e. The van der Waals surface area contributed by atoms with Gasteiger partial charge in [0.25, 0.3) is 0 Å². The summed E-state index contributed by atoms with van der Waals surface area (Å²) in [5.74, 6) is 0.281. The molecule has 17 heavy (non-hydrogen) atoms. The SMILES string of the molecule is CC(C)CCNC(=O)NCc1cccc(F)c1. The zero-order chi connectivity index (χ0) is 12.7. The highest BCUT2D eigenvalue weighted by Crippen LogP contribution is 2.02. The van der Waals surface area contributed by atoms with E-state index in [0.29, 0.717) is 19.0 Å². The van der Waals surface area contributed by atoms with E-state index in [1.807, 2.05) is 0 Å². The molecule has 0 bridgehead atoms. The summed E-state index contributed by atoms with van der Waals surface area (Å²) in [4.78, 5) is 11.4. The molecule has 0 heterocycles. The van der Waals surface area contributed by atoms with Gasteiger partial charge in [-0.2, -0.15) is 0 Å². The number of hydrogen-bond donors (Lipinski definition) is 2. The molecule has 1 aromatic rings. The summed E-state index contributed by atoms with van der Waals surface area (Å²) in [7, 11) is 0. The van der Waals surface area contributed by atoms with E-state index >= 15 is 0 Å². The lowest BCUT2D eigenvalue weighted by atomic mass is 10.1. The van der Waals surface area contributed by atoms with Crippen LogP contribution < -0.4 is 10.6 Å². The van der Waals surface area contributed by atoms with E-state index in [0.717, 1.165) is 12.0 Å². The second kappa shape index (κ2) is 6.89. The summed E-state index contributed by atoms with van der Waals surface area (Å²) in [6.07, 6.45) is 0.952. The van der Waals surface area contributed by atoms with Crippen LogP contribution in [0.5, 0.6) is 0 Å². The van der Waals surface area contributed by atoms with Crippen molar-refractivity contribution in [3.8, 4) is 0 Å². The van der Waals surface area contributed by atoms with Crippen LogP contribution in [0.3, 0.4) is 0 Å². The van der Waals surface area contributed by atoms with E-state index in [2.05, 4.69) is 24.5 Å². The lowest BCUT2D eigenvalue weighted by Gasteiger charge is -2.09. The Labute approximate surface area is 101 Å². The molecule has 0 radical (unpaired) electrons. The zero-order valence-corrected chi connectivity index (χ0v) is 10.3. The predicted octanol–water partition coefficient (Wildman–Crippen LogP) is 2.67. The van der Waals surface area contributed by atoms with Gasteiger partial charge in [0.15, 0.2) is 0 Å². The Hall–Kier alpha value is -1.58. The molecule has 0 saturated heterocycles. The first-order valence-corrected chi connectivity index (χ1v) is 5.84. The van der Waals surface area contributed by atoms with Crippen LogP contribution >= 0.6 is 0 Å². The van der Waals surface area contributed by atoms with Gasteiger partial charge in [0.2, 0.25) is 0 Å². The molecule has 0 fully saturated rings. The van der Waals surface area contributed by atoms with Crippen LogP contribution in [0.4, 0.5) is 9.18 Å². The third-order valence-corrected chi connectivity index (χ3v) is 2.35. The van der Waals surface area contributed by atoms with Gasteiger partial charge in [0.05, 0.1) is 0 Å². The topological polar surface area (TPSA) is 41.1 Å². The van der Waals surface area contributed by atoms with Gasteiger partial charge in [0, 0.05) is 13.1 Å². The molecule has 0 aliphatic carbocycles. The first kappa shape index (κ1) is 13.5. The van der Waals surface area contributed by atoms with E-state index in [4.69, 9.17) is 0 Å². The summed E-state index contributed by atoms with van der Waals surface area (Å²) in [6.45, 7) is 5.20. The molecule has 0 atom stereocenters. The van der Waals surface area contributed by atoms with E-state index < -0.39 is 0 Å². The second-order valence-corrected chi connectivity index (χ2v) is 4.42. The number of carbonyl (C=O) groups excluding carboxylic acids is 1. The highest BCUT2D eigenvalue weighted by Gasteiger charge is 2.01. The van der Waals surface area contributed by atoms with Crippen molar-refractivity contribution >= 4 is 6.03 Å². The van der Waals surface area contributed by atoms with Crippen molar-refractivity contribution in [2.75, 3.05) is 6.54 Å². The van der Waals surface area contributed by atoms with Crippen molar-refractivity contribution in [3.63, 3.8) is 0 Å². The molecule has 2 N–H and O–H groups in total. The minimum Gasteiger partial charge on any atom is -0.338 e. The van der Waals surface area contributed by atoms with Crippen LogP contribution in [0.15, 0.2) is 24.3 Å². The summed E-state index contributed by atoms with van der Waals surface area (Å²) < 4.78 is 12.9. The van der Waals surface area contributed by atoms with E-state index in [-0.39, 0.29) is 11.8 Å².